The van der Waals surface area contributed by atoms with Crippen molar-refractivity contribution in [1.29, 1.82) is 0 Å². The van der Waals surface area contributed by atoms with Gasteiger partial charge in [-0.3, -0.25) is 0 Å². The van der Waals surface area contributed by atoms with Crippen LogP contribution in [0.15, 0.2) is 188 Å². The lowest BCUT2D eigenvalue weighted by Crippen LogP contribution is -2.34. The Morgan fingerprint density at radius 3 is 1.51 bits per heavy atom. The van der Waals surface area contributed by atoms with Crippen LogP contribution in [0.4, 0.5) is 17.1 Å². The van der Waals surface area contributed by atoms with Crippen LogP contribution in [-0.4, -0.2) is 4.57 Å². The number of hydrogen-bond acceptors (Lipinski definition) is 1. The maximum atomic E-state index is 2.51. The van der Waals surface area contributed by atoms with Crippen LogP contribution in [0.25, 0.3) is 51.0 Å². The number of anilines is 3. The summed E-state index contributed by atoms with van der Waals surface area (Å²) in [5.41, 5.74) is 12.1. The first-order chi connectivity index (χ1) is 25.2. The van der Waals surface area contributed by atoms with E-state index < -0.39 is 0 Å². The van der Waals surface area contributed by atoms with Crippen molar-refractivity contribution in [2.24, 2.45) is 5.92 Å². The van der Waals surface area contributed by atoms with Gasteiger partial charge >= 0.3 is 0 Å². The first-order valence-electron chi connectivity index (χ1n) is 17.8. The van der Waals surface area contributed by atoms with E-state index in [1.807, 2.05) is 0 Å². The molecule has 0 saturated carbocycles. The number of hydrogen-bond donors (Lipinski definition) is 0. The minimum absolute atomic E-state index is 0.270. The largest absolute Gasteiger partial charge is 0.310 e. The van der Waals surface area contributed by atoms with Crippen molar-refractivity contribution >= 4 is 40.1 Å². The van der Waals surface area contributed by atoms with Crippen molar-refractivity contribution in [3.05, 3.63) is 204 Å². The maximum absolute atomic E-state index is 2.51. The summed E-state index contributed by atoms with van der Waals surface area (Å²) in [5.74, 6) is 0.594. The highest BCUT2D eigenvalue weighted by molar-refractivity contribution is 5.90. The third-order valence-corrected chi connectivity index (χ3v) is 10.3. The zero-order valence-electron chi connectivity index (χ0n) is 28.6. The van der Waals surface area contributed by atoms with E-state index in [1.54, 1.807) is 0 Å². The molecule has 244 valence electrons. The Bertz CT molecular complexity index is 2510. The van der Waals surface area contributed by atoms with Crippen LogP contribution in [-0.2, 0) is 0 Å². The molecule has 2 nitrogen and oxygen atoms in total. The van der Waals surface area contributed by atoms with Gasteiger partial charge in [-0.15, -0.1) is 0 Å². The van der Waals surface area contributed by atoms with Crippen LogP contribution in [0, 0.1) is 5.92 Å². The molecule has 0 radical (unpaired) electrons. The van der Waals surface area contributed by atoms with E-state index in [1.165, 1.54) is 55.0 Å². The van der Waals surface area contributed by atoms with Gasteiger partial charge in [0, 0.05) is 39.3 Å². The predicted octanol–water partition coefficient (Wildman–Crippen LogP) is 11.4. The predicted molar refractivity (Wildman–Crippen MR) is 215 cm³/mol. The van der Waals surface area contributed by atoms with Gasteiger partial charge in [-0.1, -0.05) is 159 Å². The van der Waals surface area contributed by atoms with Gasteiger partial charge in [0.15, 0.2) is 0 Å². The molecule has 2 heteroatoms. The number of nitrogens with zero attached hydrogens (tertiary/aromatic N) is 2. The van der Waals surface area contributed by atoms with E-state index in [4.69, 9.17) is 0 Å². The van der Waals surface area contributed by atoms with Crippen LogP contribution in [0.2, 0.25) is 0 Å². The van der Waals surface area contributed by atoms with Crippen molar-refractivity contribution in [2.75, 3.05) is 4.90 Å². The average Bonchev–Trinajstić information content (AvgIpc) is 3.51. The highest BCUT2D eigenvalue weighted by Crippen LogP contribution is 2.37. The SMILES string of the molecule is CC1C=c2c(c3ccc(N(c4ccccc4)c4ccccc4)cc3n2-c2ccccc2)=CC1c1ccc(-c2ccc(-c3ccccc3)cc2)cc1. The Morgan fingerprint density at radius 1 is 0.451 bits per heavy atom. The minimum Gasteiger partial charge on any atom is -0.310 e. The highest BCUT2D eigenvalue weighted by Gasteiger charge is 2.23. The summed E-state index contributed by atoms with van der Waals surface area (Å²) < 4.78 is 2.45. The molecule has 0 amide bonds. The van der Waals surface area contributed by atoms with Gasteiger partial charge < -0.3 is 9.47 Å². The summed E-state index contributed by atoms with van der Waals surface area (Å²) >= 11 is 0. The van der Waals surface area contributed by atoms with Crippen molar-refractivity contribution in [2.45, 2.75) is 12.8 Å². The molecule has 2 unspecified atom stereocenters. The molecule has 1 aliphatic carbocycles. The normalized spacial score (nSPS) is 15.1. The lowest BCUT2D eigenvalue weighted by Gasteiger charge is -2.25. The fraction of sp³-hybridized carbons (Fsp3) is 0.0612. The second kappa shape index (κ2) is 13.2. The summed E-state index contributed by atoms with van der Waals surface area (Å²) in [7, 11) is 0. The molecule has 0 saturated heterocycles. The monoisotopic (exact) mass is 654 g/mol. The summed E-state index contributed by atoms with van der Waals surface area (Å²) in [6.07, 6.45) is 4.99. The number of aromatic nitrogens is 1. The number of fused-ring (bicyclic) bond motifs is 3. The Labute approximate surface area is 299 Å². The first-order valence-corrected chi connectivity index (χ1v) is 17.8. The second-order valence-electron chi connectivity index (χ2n) is 13.5. The Kier molecular flexibility index (Phi) is 7.91. The molecular weight excluding hydrogens is 617 g/mol. The maximum Gasteiger partial charge on any atom is 0.0561 e. The van der Waals surface area contributed by atoms with E-state index in [9.17, 15) is 0 Å². The van der Waals surface area contributed by atoms with Gasteiger partial charge in [0.1, 0.15) is 0 Å². The van der Waals surface area contributed by atoms with Crippen LogP contribution >= 0.6 is 0 Å². The van der Waals surface area contributed by atoms with Gasteiger partial charge in [0.2, 0.25) is 0 Å². The van der Waals surface area contributed by atoms with E-state index in [2.05, 4.69) is 217 Å². The third kappa shape index (κ3) is 5.75. The average molecular weight is 655 g/mol. The number of para-hydroxylation sites is 3. The Balaban J connectivity index is 1.13. The standard InChI is InChI=1S/C49H38N2/c1-35-32-48-47(34-46(35)40-28-26-39(27-29-40)38-24-22-37(23-25-38)36-14-6-2-7-15-36)45-31-30-44(33-49(45)51(48)43-20-12-5-13-21-43)50(41-16-8-3-9-17-41)42-18-10-4-11-19-42/h2-35,46H,1H3. The molecule has 1 aromatic heterocycles. The Morgan fingerprint density at radius 2 is 0.941 bits per heavy atom. The van der Waals surface area contributed by atoms with E-state index in [-0.39, 0.29) is 5.92 Å². The molecule has 1 heterocycles. The fourth-order valence-corrected chi connectivity index (χ4v) is 7.72. The second-order valence-corrected chi connectivity index (χ2v) is 13.5. The molecular formula is C49H38N2. The zero-order valence-corrected chi connectivity index (χ0v) is 28.6. The molecule has 7 aromatic carbocycles. The number of rotatable bonds is 7. The van der Waals surface area contributed by atoms with Gasteiger partial charge in [-0.05, 0) is 82.3 Å². The molecule has 8 aromatic rings. The molecule has 9 rings (SSSR count). The van der Waals surface area contributed by atoms with Gasteiger partial charge in [0.05, 0.1) is 10.9 Å². The summed E-state index contributed by atoms with van der Waals surface area (Å²) in [4.78, 5) is 2.34. The van der Waals surface area contributed by atoms with Gasteiger partial charge in [0.25, 0.3) is 0 Å². The van der Waals surface area contributed by atoms with Crippen molar-refractivity contribution < 1.29 is 0 Å². The highest BCUT2D eigenvalue weighted by atomic mass is 15.1. The third-order valence-electron chi connectivity index (χ3n) is 10.3. The summed E-state index contributed by atoms with van der Waals surface area (Å²) in [5, 5.41) is 3.83. The van der Waals surface area contributed by atoms with Crippen LogP contribution in [0.5, 0.6) is 0 Å². The summed E-state index contributed by atoms with van der Waals surface area (Å²) in [6.45, 7) is 2.35. The van der Waals surface area contributed by atoms with Crippen molar-refractivity contribution in [3.8, 4) is 27.9 Å². The van der Waals surface area contributed by atoms with Crippen LogP contribution in [0.3, 0.4) is 0 Å². The molecule has 0 N–H and O–H groups in total. The molecule has 0 spiro atoms. The fourth-order valence-electron chi connectivity index (χ4n) is 7.72. The molecule has 51 heavy (non-hydrogen) atoms. The van der Waals surface area contributed by atoms with E-state index in [0.29, 0.717) is 5.92 Å². The Hall–Kier alpha value is -6.38. The molecule has 0 fully saturated rings. The smallest absolute Gasteiger partial charge is 0.0561 e. The lowest BCUT2D eigenvalue weighted by molar-refractivity contribution is 0.690. The van der Waals surface area contributed by atoms with Gasteiger partial charge in [-0.25, -0.2) is 0 Å². The zero-order chi connectivity index (χ0) is 34.1. The molecule has 0 aliphatic heterocycles. The van der Waals surface area contributed by atoms with Crippen LogP contribution in [0.1, 0.15) is 18.4 Å². The van der Waals surface area contributed by atoms with Gasteiger partial charge in [-0.2, -0.15) is 0 Å². The van der Waals surface area contributed by atoms with Crippen molar-refractivity contribution in [1.82, 2.24) is 4.57 Å². The lowest BCUT2D eigenvalue weighted by atomic mass is 9.83. The van der Waals surface area contributed by atoms with E-state index in [0.717, 1.165) is 17.1 Å². The van der Waals surface area contributed by atoms with Crippen LogP contribution < -0.4 is 15.5 Å². The molecule has 1 aliphatic rings. The molecule has 0 bridgehead atoms. The first kappa shape index (κ1) is 30.7. The van der Waals surface area contributed by atoms with E-state index >= 15 is 0 Å². The quantitative estimate of drug-likeness (QED) is 0.166. The topological polar surface area (TPSA) is 8.17 Å². The molecule has 2 atom stereocenters. The van der Waals surface area contributed by atoms with Crippen molar-refractivity contribution in [3.63, 3.8) is 0 Å². The minimum atomic E-state index is 0.270. The number of benzene rings is 7. The summed E-state index contributed by atoms with van der Waals surface area (Å²) in [6, 6.07) is 67.7.